The topological polar surface area (TPSA) is 23.6 Å². The minimum Gasteiger partial charge on any atom is -0.337 e. The van der Waals surface area contributed by atoms with Gasteiger partial charge < -0.3 is 4.90 Å². The molecule has 0 bridgehead atoms. The van der Waals surface area contributed by atoms with Gasteiger partial charge in [-0.15, -0.1) is 0 Å². The van der Waals surface area contributed by atoms with Crippen molar-refractivity contribution < 1.29 is 13.6 Å². The molecule has 2 aliphatic heterocycles. The summed E-state index contributed by atoms with van der Waals surface area (Å²) in [4.78, 5) is 16.7. The molecule has 0 spiro atoms. The fraction of sp³-hybridized carbons (Fsp3) is 0.588. The number of rotatable bonds is 2. The van der Waals surface area contributed by atoms with Crippen molar-refractivity contribution in [3.05, 3.63) is 35.4 Å². The van der Waals surface area contributed by atoms with Gasteiger partial charge in [0.05, 0.1) is 5.56 Å². The molecule has 0 unspecified atom stereocenters. The van der Waals surface area contributed by atoms with Gasteiger partial charge in [0.15, 0.2) is 0 Å². The summed E-state index contributed by atoms with van der Waals surface area (Å²) in [5.74, 6) is -1.60. The van der Waals surface area contributed by atoms with Crippen LogP contribution in [-0.4, -0.2) is 47.9 Å². The second-order valence-electron chi connectivity index (χ2n) is 6.27. The highest BCUT2D eigenvalue weighted by molar-refractivity contribution is 5.94. The molecule has 1 amide bonds. The van der Waals surface area contributed by atoms with Crippen LogP contribution in [0.2, 0.25) is 0 Å². The summed E-state index contributed by atoms with van der Waals surface area (Å²) >= 11 is 0. The number of hydrogen-bond acceptors (Lipinski definition) is 2. The average Bonchev–Trinajstić information content (AvgIpc) is 2.94. The first-order valence-electron chi connectivity index (χ1n) is 8.13. The summed E-state index contributed by atoms with van der Waals surface area (Å²) in [6.07, 6.45) is 5.50. The summed E-state index contributed by atoms with van der Waals surface area (Å²) in [5.41, 5.74) is -0.151. The standard InChI is InChI=1S/C17H22F2N2O/c18-13-6-7-16(19)15(11-13)17(22)21-10-2-1-5-14(12-21)20-8-3-4-9-20/h6-7,11,14H,1-5,8-10,12H2/t14-/m1/s1. The first kappa shape index (κ1) is 15.4. The molecule has 0 radical (unpaired) electrons. The van der Waals surface area contributed by atoms with Crippen molar-refractivity contribution in [3.63, 3.8) is 0 Å². The highest BCUT2D eigenvalue weighted by atomic mass is 19.1. The van der Waals surface area contributed by atoms with Crippen molar-refractivity contribution in [2.75, 3.05) is 26.2 Å². The molecule has 3 rings (SSSR count). The number of carbonyl (C=O) groups excluding carboxylic acids is 1. The van der Waals surface area contributed by atoms with Crippen molar-refractivity contribution in [3.8, 4) is 0 Å². The van der Waals surface area contributed by atoms with Crippen LogP contribution in [0.3, 0.4) is 0 Å². The molecule has 1 aromatic carbocycles. The molecule has 1 aromatic rings. The van der Waals surface area contributed by atoms with Crippen molar-refractivity contribution >= 4 is 5.91 Å². The highest BCUT2D eigenvalue weighted by Crippen LogP contribution is 2.22. The Hall–Kier alpha value is -1.49. The maximum Gasteiger partial charge on any atom is 0.256 e. The van der Waals surface area contributed by atoms with E-state index >= 15 is 0 Å². The number of halogens is 2. The summed E-state index contributed by atoms with van der Waals surface area (Å²) in [6.45, 7) is 3.41. The number of carbonyl (C=O) groups is 1. The molecule has 1 atom stereocenters. The van der Waals surface area contributed by atoms with E-state index in [1.165, 1.54) is 12.8 Å². The molecule has 2 fully saturated rings. The van der Waals surface area contributed by atoms with E-state index in [4.69, 9.17) is 0 Å². The van der Waals surface area contributed by atoms with Crippen LogP contribution in [0.1, 0.15) is 42.5 Å². The van der Waals surface area contributed by atoms with Gasteiger partial charge >= 0.3 is 0 Å². The monoisotopic (exact) mass is 308 g/mol. The fourth-order valence-electron chi connectivity index (χ4n) is 3.54. The Morgan fingerprint density at radius 2 is 1.77 bits per heavy atom. The van der Waals surface area contributed by atoms with Crippen LogP contribution in [0, 0.1) is 11.6 Å². The van der Waals surface area contributed by atoms with E-state index in [-0.39, 0.29) is 11.5 Å². The van der Waals surface area contributed by atoms with Crippen LogP contribution < -0.4 is 0 Å². The third kappa shape index (κ3) is 3.29. The van der Waals surface area contributed by atoms with Crippen molar-refractivity contribution in [1.82, 2.24) is 9.80 Å². The van der Waals surface area contributed by atoms with Crippen LogP contribution in [0.4, 0.5) is 8.78 Å². The van der Waals surface area contributed by atoms with Gasteiger partial charge in [-0.05, 0) is 57.0 Å². The normalized spacial score (nSPS) is 23.5. The van der Waals surface area contributed by atoms with E-state index < -0.39 is 11.6 Å². The van der Waals surface area contributed by atoms with Gasteiger partial charge in [0.2, 0.25) is 0 Å². The Morgan fingerprint density at radius 3 is 2.55 bits per heavy atom. The molecule has 5 heteroatoms. The van der Waals surface area contributed by atoms with Crippen LogP contribution in [0.25, 0.3) is 0 Å². The number of likely N-dealkylation sites (tertiary alicyclic amines) is 2. The van der Waals surface area contributed by atoms with Gasteiger partial charge in [0, 0.05) is 19.1 Å². The van der Waals surface area contributed by atoms with E-state index in [1.54, 1.807) is 4.90 Å². The lowest BCUT2D eigenvalue weighted by Crippen LogP contribution is -2.44. The van der Waals surface area contributed by atoms with E-state index in [9.17, 15) is 13.6 Å². The maximum atomic E-state index is 13.9. The Balaban J connectivity index is 1.76. The quantitative estimate of drug-likeness (QED) is 0.838. The highest BCUT2D eigenvalue weighted by Gasteiger charge is 2.29. The van der Waals surface area contributed by atoms with Crippen molar-refractivity contribution in [2.24, 2.45) is 0 Å². The lowest BCUT2D eigenvalue weighted by Gasteiger charge is -2.30. The van der Waals surface area contributed by atoms with Crippen LogP contribution in [-0.2, 0) is 0 Å². The van der Waals surface area contributed by atoms with Gasteiger partial charge in [-0.1, -0.05) is 6.42 Å². The summed E-state index contributed by atoms with van der Waals surface area (Å²) < 4.78 is 27.2. The van der Waals surface area contributed by atoms with Crippen LogP contribution in [0.5, 0.6) is 0 Å². The van der Waals surface area contributed by atoms with E-state index in [1.807, 2.05) is 0 Å². The SMILES string of the molecule is O=C(c1cc(F)ccc1F)N1CCCC[C@@H](N2CCCC2)C1. The first-order chi connectivity index (χ1) is 10.6. The van der Waals surface area contributed by atoms with E-state index in [0.29, 0.717) is 19.1 Å². The van der Waals surface area contributed by atoms with Gasteiger partial charge in [-0.25, -0.2) is 8.78 Å². The second kappa shape index (κ2) is 6.73. The Bertz CT molecular complexity index is 543. The Kier molecular flexibility index (Phi) is 4.71. The zero-order valence-electron chi connectivity index (χ0n) is 12.7. The minimum absolute atomic E-state index is 0.151. The molecule has 2 heterocycles. The zero-order valence-corrected chi connectivity index (χ0v) is 12.7. The second-order valence-corrected chi connectivity index (χ2v) is 6.27. The molecule has 0 saturated carbocycles. The van der Waals surface area contributed by atoms with Crippen molar-refractivity contribution in [2.45, 2.75) is 38.1 Å². The molecule has 2 saturated heterocycles. The molecule has 3 nitrogen and oxygen atoms in total. The predicted octanol–water partition coefficient (Wildman–Crippen LogP) is 3.06. The largest absolute Gasteiger partial charge is 0.337 e. The number of benzene rings is 1. The van der Waals surface area contributed by atoms with Gasteiger partial charge in [-0.3, -0.25) is 9.69 Å². The molecule has 2 aliphatic rings. The molecule has 22 heavy (non-hydrogen) atoms. The number of amides is 1. The first-order valence-corrected chi connectivity index (χ1v) is 8.13. The minimum atomic E-state index is -0.645. The van der Waals surface area contributed by atoms with E-state index in [0.717, 1.165) is 50.6 Å². The smallest absolute Gasteiger partial charge is 0.256 e. The molecule has 120 valence electrons. The van der Waals surface area contributed by atoms with Gasteiger partial charge in [0.25, 0.3) is 5.91 Å². The summed E-state index contributed by atoms with van der Waals surface area (Å²) in [5, 5.41) is 0. The molecular formula is C17H22F2N2O. The molecule has 0 N–H and O–H groups in total. The maximum absolute atomic E-state index is 13.9. The average molecular weight is 308 g/mol. The molecule has 0 aliphatic carbocycles. The molecular weight excluding hydrogens is 286 g/mol. The third-order valence-corrected chi connectivity index (χ3v) is 4.75. The Labute approximate surface area is 129 Å². The van der Waals surface area contributed by atoms with E-state index in [2.05, 4.69) is 4.90 Å². The van der Waals surface area contributed by atoms with Gasteiger partial charge in [0.1, 0.15) is 11.6 Å². The lowest BCUT2D eigenvalue weighted by molar-refractivity contribution is 0.0709. The number of nitrogens with zero attached hydrogens (tertiary/aromatic N) is 2. The van der Waals surface area contributed by atoms with Gasteiger partial charge in [-0.2, -0.15) is 0 Å². The Morgan fingerprint density at radius 1 is 1.05 bits per heavy atom. The third-order valence-electron chi connectivity index (χ3n) is 4.75. The zero-order chi connectivity index (χ0) is 15.5. The number of hydrogen-bond donors (Lipinski definition) is 0. The fourth-order valence-corrected chi connectivity index (χ4v) is 3.54. The predicted molar refractivity (Wildman–Crippen MR) is 80.7 cm³/mol. The molecule has 0 aromatic heterocycles. The van der Waals surface area contributed by atoms with Crippen LogP contribution >= 0.6 is 0 Å². The van der Waals surface area contributed by atoms with Crippen molar-refractivity contribution in [1.29, 1.82) is 0 Å². The lowest BCUT2D eigenvalue weighted by atomic mass is 10.1. The van der Waals surface area contributed by atoms with Crippen LogP contribution in [0.15, 0.2) is 18.2 Å². The summed E-state index contributed by atoms with van der Waals surface area (Å²) in [6, 6.07) is 3.43. The summed E-state index contributed by atoms with van der Waals surface area (Å²) in [7, 11) is 0.